The van der Waals surface area contributed by atoms with E-state index in [0.29, 0.717) is 0 Å². The van der Waals surface area contributed by atoms with Gasteiger partial charge in [-0.1, -0.05) is 26.0 Å². The fraction of sp³-hybridized carbons (Fsp3) is 0.190. The van der Waals surface area contributed by atoms with Gasteiger partial charge in [0.15, 0.2) is 0 Å². The molecule has 0 saturated carbocycles. The van der Waals surface area contributed by atoms with Crippen LogP contribution in [0.4, 0.5) is 0 Å². The third kappa shape index (κ3) is 3.66. The smallest absolute Gasteiger partial charge is 0.322 e. The Morgan fingerprint density at radius 3 is 2.48 bits per heavy atom. The summed E-state index contributed by atoms with van der Waals surface area (Å²) in [6.45, 7) is 3.32. The van der Waals surface area contributed by atoms with E-state index in [4.69, 9.17) is 4.42 Å². The SMILES string of the molecule is CC(C)[C@H](NS(=O)(=O)c1ccc2c(c1)sc1ccc(-c3ccoc3)cc12)C(=O)O. The molecule has 1 atom stereocenters. The minimum atomic E-state index is -3.96. The number of fused-ring (bicyclic) bond motifs is 3. The normalized spacial score (nSPS) is 13.3. The molecule has 0 aliphatic heterocycles. The Morgan fingerprint density at radius 1 is 1.03 bits per heavy atom. The zero-order valence-corrected chi connectivity index (χ0v) is 17.4. The van der Waals surface area contributed by atoms with E-state index >= 15 is 0 Å². The topological polar surface area (TPSA) is 96.6 Å². The van der Waals surface area contributed by atoms with E-state index < -0.39 is 22.0 Å². The molecule has 0 amide bonds. The summed E-state index contributed by atoms with van der Waals surface area (Å²) in [5.74, 6) is -1.57. The van der Waals surface area contributed by atoms with Gasteiger partial charge in [0.25, 0.3) is 0 Å². The quantitative estimate of drug-likeness (QED) is 0.463. The van der Waals surface area contributed by atoms with Crippen LogP contribution in [0, 0.1) is 5.92 Å². The van der Waals surface area contributed by atoms with E-state index in [1.807, 2.05) is 18.2 Å². The first-order chi connectivity index (χ1) is 13.8. The second-order valence-corrected chi connectivity index (χ2v) is 9.96. The third-order valence-electron chi connectivity index (χ3n) is 4.82. The van der Waals surface area contributed by atoms with Gasteiger partial charge >= 0.3 is 5.97 Å². The molecule has 0 aliphatic carbocycles. The number of carboxylic acids is 1. The van der Waals surface area contributed by atoms with Gasteiger partial charge in [-0.2, -0.15) is 4.72 Å². The maximum absolute atomic E-state index is 12.7. The number of thiophene rings is 1. The van der Waals surface area contributed by atoms with Crippen molar-refractivity contribution < 1.29 is 22.7 Å². The molecule has 0 unspecified atom stereocenters. The van der Waals surface area contributed by atoms with Gasteiger partial charge in [-0.25, -0.2) is 8.42 Å². The minimum absolute atomic E-state index is 0.0542. The van der Waals surface area contributed by atoms with E-state index in [-0.39, 0.29) is 10.8 Å². The molecule has 29 heavy (non-hydrogen) atoms. The summed E-state index contributed by atoms with van der Waals surface area (Å²) in [4.78, 5) is 11.4. The lowest BCUT2D eigenvalue weighted by atomic mass is 10.1. The fourth-order valence-electron chi connectivity index (χ4n) is 3.24. The average molecular weight is 430 g/mol. The lowest BCUT2D eigenvalue weighted by Crippen LogP contribution is -2.44. The number of carbonyl (C=O) groups is 1. The van der Waals surface area contributed by atoms with Crippen LogP contribution in [0.2, 0.25) is 0 Å². The third-order valence-corrected chi connectivity index (χ3v) is 7.39. The van der Waals surface area contributed by atoms with E-state index in [9.17, 15) is 18.3 Å². The van der Waals surface area contributed by atoms with Gasteiger partial charge in [-0.3, -0.25) is 4.79 Å². The fourth-order valence-corrected chi connectivity index (χ4v) is 5.80. The van der Waals surface area contributed by atoms with Gasteiger partial charge in [0.2, 0.25) is 10.0 Å². The van der Waals surface area contributed by atoms with Gasteiger partial charge in [0.1, 0.15) is 6.04 Å². The summed E-state index contributed by atoms with van der Waals surface area (Å²) < 4.78 is 34.8. The largest absolute Gasteiger partial charge is 0.480 e. The van der Waals surface area contributed by atoms with Gasteiger partial charge in [0, 0.05) is 25.7 Å². The van der Waals surface area contributed by atoms with Crippen LogP contribution in [0.1, 0.15) is 13.8 Å². The Bertz CT molecular complexity index is 1300. The van der Waals surface area contributed by atoms with Crippen molar-refractivity contribution in [1.29, 1.82) is 0 Å². The lowest BCUT2D eigenvalue weighted by molar-refractivity contribution is -0.140. The number of aliphatic carboxylic acids is 1. The average Bonchev–Trinajstić information content (AvgIpc) is 3.32. The molecular formula is C21H19NO5S2. The number of furan rings is 1. The number of sulfonamides is 1. The molecule has 150 valence electrons. The Hall–Kier alpha value is -2.68. The van der Waals surface area contributed by atoms with E-state index in [0.717, 1.165) is 31.3 Å². The van der Waals surface area contributed by atoms with Crippen LogP contribution in [0.25, 0.3) is 31.3 Å². The van der Waals surface area contributed by atoms with Crippen molar-refractivity contribution >= 4 is 47.5 Å². The molecule has 0 spiro atoms. The van der Waals surface area contributed by atoms with Crippen molar-refractivity contribution in [2.24, 2.45) is 5.92 Å². The Kier molecular flexibility index (Phi) is 4.94. The molecule has 0 saturated heterocycles. The highest BCUT2D eigenvalue weighted by Crippen LogP contribution is 2.37. The number of carboxylic acid groups (broad SMARTS) is 1. The second kappa shape index (κ2) is 7.29. The van der Waals surface area contributed by atoms with Gasteiger partial charge in [-0.15, -0.1) is 11.3 Å². The zero-order valence-electron chi connectivity index (χ0n) is 15.7. The van der Waals surface area contributed by atoms with E-state index in [1.165, 1.54) is 17.4 Å². The second-order valence-electron chi connectivity index (χ2n) is 7.16. The Labute approximate surface area is 171 Å². The number of hydrogen-bond donors (Lipinski definition) is 2. The predicted octanol–water partition coefficient (Wildman–Crippen LogP) is 4.70. The summed E-state index contributed by atoms with van der Waals surface area (Å²) in [6.07, 6.45) is 3.30. The van der Waals surface area contributed by atoms with Crippen molar-refractivity contribution in [3.8, 4) is 11.1 Å². The standard InChI is InChI=1S/C21H19NO5S2/c1-12(2)20(21(23)24)22-29(25,26)15-4-5-16-17-9-13(14-7-8-27-11-14)3-6-18(17)28-19(16)10-15/h3-12,20,22H,1-2H3,(H,23,24)/t20-/m0/s1. The van der Waals surface area contributed by atoms with Crippen molar-refractivity contribution in [2.45, 2.75) is 24.8 Å². The van der Waals surface area contributed by atoms with E-state index in [2.05, 4.69) is 10.8 Å². The molecule has 2 aromatic heterocycles. The Morgan fingerprint density at radius 2 is 1.83 bits per heavy atom. The van der Waals surface area contributed by atoms with E-state index in [1.54, 1.807) is 38.5 Å². The van der Waals surface area contributed by atoms with Gasteiger partial charge in [0.05, 0.1) is 17.4 Å². The highest BCUT2D eigenvalue weighted by Gasteiger charge is 2.28. The zero-order chi connectivity index (χ0) is 20.8. The first-order valence-corrected chi connectivity index (χ1v) is 11.3. The number of rotatable bonds is 6. The lowest BCUT2D eigenvalue weighted by Gasteiger charge is -2.18. The maximum Gasteiger partial charge on any atom is 0.322 e. The maximum atomic E-state index is 12.7. The molecule has 0 aliphatic rings. The summed E-state index contributed by atoms with van der Waals surface area (Å²) >= 11 is 1.50. The van der Waals surface area contributed by atoms with Crippen LogP contribution < -0.4 is 4.72 Å². The first-order valence-electron chi connectivity index (χ1n) is 9.00. The Balaban J connectivity index is 1.76. The highest BCUT2D eigenvalue weighted by atomic mass is 32.2. The van der Waals surface area contributed by atoms with Crippen molar-refractivity contribution in [1.82, 2.24) is 4.72 Å². The van der Waals surface area contributed by atoms with Crippen molar-refractivity contribution in [3.63, 3.8) is 0 Å². The van der Waals surface area contributed by atoms with Crippen LogP contribution in [-0.4, -0.2) is 25.5 Å². The molecule has 4 aromatic rings. The molecule has 6 nitrogen and oxygen atoms in total. The van der Waals surface area contributed by atoms with Gasteiger partial charge < -0.3 is 9.52 Å². The molecule has 0 fully saturated rings. The van der Waals surface area contributed by atoms with Crippen LogP contribution in [-0.2, 0) is 14.8 Å². The summed E-state index contributed by atoms with van der Waals surface area (Å²) in [6, 6.07) is 11.7. The van der Waals surface area contributed by atoms with Crippen LogP contribution in [0.3, 0.4) is 0 Å². The van der Waals surface area contributed by atoms with Crippen LogP contribution >= 0.6 is 11.3 Å². The molecule has 0 radical (unpaired) electrons. The molecule has 2 heterocycles. The highest BCUT2D eigenvalue weighted by molar-refractivity contribution is 7.89. The number of nitrogens with one attached hydrogen (secondary N) is 1. The minimum Gasteiger partial charge on any atom is -0.480 e. The van der Waals surface area contributed by atoms with Crippen molar-refractivity contribution in [2.75, 3.05) is 0 Å². The summed E-state index contributed by atoms with van der Waals surface area (Å²) in [5.41, 5.74) is 1.99. The van der Waals surface area contributed by atoms with Crippen molar-refractivity contribution in [3.05, 3.63) is 55.0 Å². The monoisotopic (exact) mass is 429 g/mol. The summed E-state index contributed by atoms with van der Waals surface area (Å²) in [5, 5.41) is 11.3. The molecule has 8 heteroatoms. The molecule has 0 bridgehead atoms. The molecule has 4 rings (SSSR count). The number of hydrogen-bond acceptors (Lipinski definition) is 5. The molecule has 2 aromatic carbocycles. The summed E-state index contributed by atoms with van der Waals surface area (Å²) in [7, 11) is -3.96. The molecular weight excluding hydrogens is 410 g/mol. The van der Waals surface area contributed by atoms with Crippen LogP contribution in [0.15, 0.2) is 64.3 Å². The van der Waals surface area contributed by atoms with Gasteiger partial charge in [-0.05, 0) is 41.8 Å². The molecule has 2 N–H and O–H groups in total. The first kappa shape index (κ1) is 19.6. The predicted molar refractivity (Wildman–Crippen MR) is 114 cm³/mol. The van der Waals surface area contributed by atoms with Crippen LogP contribution in [0.5, 0.6) is 0 Å². The number of benzene rings is 2.